The largest absolute Gasteiger partial charge is 0.476 e. The highest BCUT2D eigenvalue weighted by atomic mass is 16.5. The molecule has 1 aromatic rings. The molecule has 0 spiro atoms. The van der Waals surface area contributed by atoms with E-state index in [1.165, 1.54) is 0 Å². The fraction of sp³-hybridized carbons (Fsp3) is 0.385. The van der Waals surface area contributed by atoms with Crippen molar-refractivity contribution in [1.29, 1.82) is 0 Å². The van der Waals surface area contributed by atoms with E-state index >= 15 is 0 Å². The van der Waals surface area contributed by atoms with Gasteiger partial charge in [0, 0.05) is 5.92 Å². The van der Waals surface area contributed by atoms with E-state index < -0.39 is 12.0 Å². The summed E-state index contributed by atoms with van der Waals surface area (Å²) in [6.07, 6.45) is 1.08. The van der Waals surface area contributed by atoms with Gasteiger partial charge in [-0.1, -0.05) is 12.1 Å². The molecule has 2 aliphatic rings. The number of benzene rings is 1. The smallest absolute Gasteiger partial charge is 0.276 e. The molecule has 1 aliphatic carbocycles. The van der Waals surface area contributed by atoms with E-state index in [0.29, 0.717) is 5.75 Å². The number of anilines is 1. The minimum atomic E-state index is -0.761. The lowest BCUT2D eigenvalue weighted by Gasteiger charge is -2.34. The number of nitrogens with two attached hydrogens (primary N) is 1. The number of nitrogens with one attached hydrogen (secondary N) is 1. The Labute approximate surface area is 110 Å². The summed E-state index contributed by atoms with van der Waals surface area (Å²) in [6.45, 7) is 0.204. The van der Waals surface area contributed by atoms with Gasteiger partial charge in [0.15, 0.2) is 6.10 Å². The van der Waals surface area contributed by atoms with Gasteiger partial charge in [0.2, 0.25) is 5.91 Å². The number of rotatable bonds is 2. The zero-order chi connectivity index (χ0) is 13.4. The van der Waals surface area contributed by atoms with Crippen molar-refractivity contribution in [2.75, 3.05) is 11.4 Å². The van der Waals surface area contributed by atoms with Gasteiger partial charge in [-0.3, -0.25) is 15.0 Å². The van der Waals surface area contributed by atoms with Crippen LogP contribution < -0.4 is 20.9 Å². The SMILES string of the molecule is NNC(=O)[C@@H]1CN(C(=O)C2CC2)c2ccccc2O1. The van der Waals surface area contributed by atoms with Gasteiger partial charge >= 0.3 is 0 Å². The number of para-hydroxylation sites is 2. The number of fused-ring (bicyclic) bond motifs is 1. The van der Waals surface area contributed by atoms with Crippen LogP contribution in [0.25, 0.3) is 0 Å². The number of nitrogens with zero attached hydrogens (tertiary/aromatic N) is 1. The molecule has 0 bridgehead atoms. The molecule has 6 heteroatoms. The molecule has 1 atom stereocenters. The first-order valence-electron chi connectivity index (χ1n) is 6.28. The molecule has 0 unspecified atom stereocenters. The van der Waals surface area contributed by atoms with Gasteiger partial charge in [0.1, 0.15) is 5.75 Å². The number of hydrogen-bond acceptors (Lipinski definition) is 4. The maximum Gasteiger partial charge on any atom is 0.276 e. The molecule has 1 saturated carbocycles. The molecule has 19 heavy (non-hydrogen) atoms. The molecule has 1 heterocycles. The minimum absolute atomic E-state index is 0.0607. The lowest BCUT2D eigenvalue weighted by Crippen LogP contribution is -2.52. The number of hydrazine groups is 1. The van der Waals surface area contributed by atoms with Crippen molar-refractivity contribution >= 4 is 17.5 Å². The predicted molar refractivity (Wildman–Crippen MR) is 68.3 cm³/mol. The van der Waals surface area contributed by atoms with Gasteiger partial charge in [-0.05, 0) is 25.0 Å². The zero-order valence-electron chi connectivity index (χ0n) is 10.3. The van der Waals surface area contributed by atoms with Crippen molar-refractivity contribution in [3.8, 4) is 5.75 Å². The van der Waals surface area contributed by atoms with Crippen LogP contribution in [0.15, 0.2) is 24.3 Å². The Balaban J connectivity index is 1.93. The first-order valence-corrected chi connectivity index (χ1v) is 6.28. The van der Waals surface area contributed by atoms with Gasteiger partial charge in [0.25, 0.3) is 5.91 Å². The topological polar surface area (TPSA) is 84.7 Å². The summed E-state index contributed by atoms with van der Waals surface area (Å²) in [6, 6.07) is 7.23. The van der Waals surface area contributed by atoms with Gasteiger partial charge in [-0.25, -0.2) is 5.84 Å². The fourth-order valence-electron chi connectivity index (χ4n) is 2.22. The fourth-order valence-corrected chi connectivity index (χ4v) is 2.22. The number of ether oxygens (including phenoxy) is 1. The van der Waals surface area contributed by atoms with Gasteiger partial charge in [0.05, 0.1) is 12.2 Å². The van der Waals surface area contributed by atoms with E-state index in [-0.39, 0.29) is 18.4 Å². The van der Waals surface area contributed by atoms with Crippen molar-refractivity contribution in [2.24, 2.45) is 11.8 Å². The Bertz CT molecular complexity index is 528. The third-order valence-electron chi connectivity index (χ3n) is 3.40. The first-order chi connectivity index (χ1) is 9.20. The van der Waals surface area contributed by atoms with Crippen molar-refractivity contribution in [2.45, 2.75) is 18.9 Å². The van der Waals surface area contributed by atoms with Gasteiger partial charge < -0.3 is 9.64 Å². The molecule has 6 nitrogen and oxygen atoms in total. The standard InChI is InChI=1S/C13H15N3O3/c14-15-12(17)11-7-16(13(18)8-5-6-8)9-3-1-2-4-10(9)19-11/h1-4,8,11H,5-7,14H2,(H,15,17)/t11-/m0/s1. The molecule has 0 radical (unpaired) electrons. The maximum atomic E-state index is 12.3. The van der Waals surface area contributed by atoms with Crippen LogP contribution in [0, 0.1) is 5.92 Å². The third kappa shape index (κ3) is 2.15. The highest BCUT2D eigenvalue weighted by molar-refractivity contribution is 5.99. The van der Waals surface area contributed by atoms with Crippen molar-refractivity contribution in [3.05, 3.63) is 24.3 Å². The summed E-state index contributed by atoms with van der Waals surface area (Å²) < 4.78 is 5.58. The maximum absolute atomic E-state index is 12.3. The summed E-state index contributed by atoms with van der Waals surface area (Å²) in [4.78, 5) is 25.6. The summed E-state index contributed by atoms with van der Waals surface area (Å²) in [7, 11) is 0. The molecule has 1 aromatic carbocycles. The summed E-state index contributed by atoms with van der Waals surface area (Å²) >= 11 is 0. The van der Waals surface area contributed by atoms with Gasteiger partial charge in [-0.15, -0.1) is 0 Å². The summed E-state index contributed by atoms with van der Waals surface area (Å²) in [5, 5.41) is 0. The monoisotopic (exact) mass is 261 g/mol. The minimum Gasteiger partial charge on any atom is -0.476 e. The van der Waals surface area contributed by atoms with E-state index in [9.17, 15) is 9.59 Å². The van der Waals surface area contributed by atoms with Crippen LogP contribution >= 0.6 is 0 Å². The third-order valence-corrected chi connectivity index (χ3v) is 3.40. The molecule has 0 aromatic heterocycles. The Kier molecular flexibility index (Phi) is 2.87. The van der Waals surface area contributed by atoms with E-state index in [2.05, 4.69) is 5.43 Å². The Morgan fingerprint density at radius 1 is 1.32 bits per heavy atom. The molecule has 100 valence electrons. The zero-order valence-corrected chi connectivity index (χ0v) is 10.3. The van der Waals surface area contributed by atoms with E-state index in [1.54, 1.807) is 17.0 Å². The first kappa shape index (κ1) is 12.0. The number of carbonyl (C=O) groups is 2. The summed E-state index contributed by atoms with van der Waals surface area (Å²) in [5.74, 6) is 5.40. The van der Waals surface area contributed by atoms with Crippen LogP contribution in [0.5, 0.6) is 5.75 Å². The normalized spacial score (nSPS) is 21.3. The lowest BCUT2D eigenvalue weighted by atomic mass is 10.1. The lowest BCUT2D eigenvalue weighted by molar-refractivity contribution is -0.128. The van der Waals surface area contributed by atoms with Crippen molar-refractivity contribution < 1.29 is 14.3 Å². The number of hydrogen-bond donors (Lipinski definition) is 2. The average molecular weight is 261 g/mol. The Hall–Kier alpha value is -2.08. The molecular formula is C13H15N3O3. The van der Waals surface area contributed by atoms with Crippen LogP contribution in [-0.4, -0.2) is 24.5 Å². The van der Waals surface area contributed by atoms with E-state index in [0.717, 1.165) is 18.5 Å². The molecule has 3 rings (SSSR count). The molecule has 1 fully saturated rings. The van der Waals surface area contributed by atoms with Crippen LogP contribution in [0.2, 0.25) is 0 Å². The van der Waals surface area contributed by atoms with E-state index in [1.807, 2.05) is 12.1 Å². The van der Waals surface area contributed by atoms with Crippen molar-refractivity contribution in [1.82, 2.24) is 5.43 Å². The van der Waals surface area contributed by atoms with Crippen LogP contribution in [0.4, 0.5) is 5.69 Å². The predicted octanol–water partition coefficient (Wildman–Crippen LogP) is 0.181. The molecule has 3 N–H and O–H groups in total. The molecular weight excluding hydrogens is 246 g/mol. The second kappa shape index (κ2) is 4.55. The highest BCUT2D eigenvalue weighted by Gasteiger charge is 2.39. The van der Waals surface area contributed by atoms with Crippen LogP contribution in [0.3, 0.4) is 0 Å². The molecule has 2 amide bonds. The quantitative estimate of drug-likeness (QED) is 0.452. The average Bonchev–Trinajstić information content (AvgIpc) is 3.29. The number of amides is 2. The van der Waals surface area contributed by atoms with Crippen LogP contribution in [0.1, 0.15) is 12.8 Å². The Morgan fingerprint density at radius 3 is 2.74 bits per heavy atom. The second-order valence-corrected chi connectivity index (χ2v) is 4.81. The van der Waals surface area contributed by atoms with Crippen LogP contribution in [-0.2, 0) is 9.59 Å². The molecule has 1 aliphatic heterocycles. The summed E-state index contributed by atoms with van der Waals surface area (Å²) in [5.41, 5.74) is 2.79. The molecule has 0 saturated heterocycles. The van der Waals surface area contributed by atoms with Gasteiger partial charge in [-0.2, -0.15) is 0 Å². The Morgan fingerprint density at radius 2 is 2.05 bits per heavy atom. The second-order valence-electron chi connectivity index (χ2n) is 4.81. The highest BCUT2D eigenvalue weighted by Crippen LogP contribution is 2.38. The van der Waals surface area contributed by atoms with Crippen molar-refractivity contribution in [3.63, 3.8) is 0 Å². The number of carbonyl (C=O) groups excluding carboxylic acids is 2. The van der Waals surface area contributed by atoms with E-state index in [4.69, 9.17) is 10.6 Å².